The zero-order chi connectivity index (χ0) is 26.0. The summed E-state index contributed by atoms with van der Waals surface area (Å²) in [5.41, 5.74) is -1.47. The monoisotopic (exact) mass is 523 g/mol. The lowest BCUT2D eigenvalue weighted by atomic mass is 9.95. The molecule has 2 aromatic carbocycles. The molecule has 0 spiro atoms. The van der Waals surface area contributed by atoms with Gasteiger partial charge in [-0.3, -0.25) is 4.79 Å². The van der Waals surface area contributed by atoms with Gasteiger partial charge in [-0.15, -0.1) is 0 Å². The first-order valence-electron chi connectivity index (χ1n) is 10.5. The predicted octanol–water partition coefficient (Wildman–Crippen LogP) is 6.17. The fraction of sp³-hybridized carbons (Fsp3) is 0.240. The van der Waals surface area contributed by atoms with E-state index in [-0.39, 0.29) is 44.7 Å². The van der Waals surface area contributed by atoms with Crippen molar-refractivity contribution in [2.45, 2.75) is 33.4 Å². The van der Waals surface area contributed by atoms with Crippen molar-refractivity contribution in [2.75, 3.05) is 6.67 Å². The minimum Gasteiger partial charge on any atom is -0.477 e. The van der Waals surface area contributed by atoms with Crippen LogP contribution in [0.1, 0.15) is 40.3 Å². The van der Waals surface area contributed by atoms with Crippen LogP contribution in [-0.4, -0.2) is 34.4 Å². The maximum Gasteiger partial charge on any atom is 0.341 e. The van der Waals surface area contributed by atoms with Crippen LogP contribution >= 0.6 is 23.2 Å². The number of carboxylic acid groups (broad SMARTS) is 1. The van der Waals surface area contributed by atoms with Gasteiger partial charge in [0.15, 0.2) is 0 Å². The molecule has 1 atom stereocenters. The topological polar surface area (TPSA) is 85.6 Å². The standard InChI is InChI=1S/C25H21Cl2F2NO5/c1-4-30-13(3)20(16-9-15(6-8-19(16)29)25(34)35-12(2)11-28)23(31)21(24(32)33)22(30)14-5-7-17(26)18(27)10-14/h5-10,12H,4,11H2,1-3H3,(H,32,33). The Balaban J connectivity index is 2.35. The molecular formula is C25H21Cl2F2NO5. The SMILES string of the molecule is CCn1c(C)c(-c2cc(C(=O)OC(C)CF)ccc2F)c(=O)c(C(=O)O)c1-c1ccc(Cl)c(Cl)c1. The van der Waals surface area contributed by atoms with Gasteiger partial charge in [-0.1, -0.05) is 29.3 Å². The highest BCUT2D eigenvalue weighted by Gasteiger charge is 2.27. The van der Waals surface area contributed by atoms with E-state index < -0.39 is 41.5 Å². The van der Waals surface area contributed by atoms with Gasteiger partial charge >= 0.3 is 11.9 Å². The van der Waals surface area contributed by atoms with Gasteiger partial charge in [-0.05, 0) is 51.1 Å². The minimum absolute atomic E-state index is 0.0811. The number of hydrogen-bond donors (Lipinski definition) is 1. The van der Waals surface area contributed by atoms with Crippen LogP contribution in [0.2, 0.25) is 10.0 Å². The fourth-order valence-electron chi connectivity index (χ4n) is 3.82. The van der Waals surface area contributed by atoms with Crippen molar-refractivity contribution in [3.05, 3.63) is 79.3 Å². The maximum absolute atomic E-state index is 15.0. The Morgan fingerprint density at radius 2 is 1.83 bits per heavy atom. The number of aromatic nitrogens is 1. The van der Waals surface area contributed by atoms with E-state index in [0.717, 1.165) is 18.2 Å². The van der Waals surface area contributed by atoms with E-state index in [9.17, 15) is 28.3 Å². The van der Waals surface area contributed by atoms with Gasteiger partial charge in [0.1, 0.15) is 24.2 Å². The maximum atomic E-state index is 15.0. The molecule has 1 unspecified atom stereocenters. The zero-order valence-electron chi connectivity index (χ0n) is 19.0. The summed E-state index contributed by atoms with van der Waals surface area (Å²) in [4.78, 5) is 38.2. The zero-order valence-corrected chi connectivity index (χ0v) is 20.5. The highest BCUT2D eigenvalue weighted by molar-refractivity contribution is 6.42. The average Bonchev–Trinajstić information content (AvgIpc) is 2.81. The number of esters is 1. The summed E-state index contributed by atoms with van der Waals surface area (Å²) in [5.74, 6) is -3.27. The number of carbonyl (C=O) groups is 2. The Morgan fingerprint density at radius 3 is 2.40 bits per heavy atom. The van der Waals surface area contributed by atoms with Crippen molar-refractivity contribution in [3.63, 3.8) is 0 Å². The van der Waals surface area contributed by atoms with Gasteiger partial charge in [-0.2, -0.15) is 0 Å². The van der Waals surface area contributed by atoms with Crippen LogP contribution in [0.4, 0.5) is 8.78 Å². The number of carbonyl (C=O) groups excluding carboxylic acids is 1. The Hall–Kier alpha value is -3.23. The largest absolute Gasteiger partial charge is 0.477 e. The van der Waals surface area contributed by atoms with Gasteiger partial charge in [-0.25, -0.2) is 18.4 Å². The lowest BCUT2D eigenvalue weighted by molar-refractivity contribution is 0.0287. The van der Waals surface area contributed by atoms with Crippen LogP contribution < -0.4 is 5.43 Å². The third-order valence-corrected chi connectivity index (χ3v) is 6.19. The third kappa shape index (κ3) is 5.09. The normalized spacial score (nSPS) is 11.9. The number of ether oxygens (including phenoxy) is 1. The summed E-state index contributed by atoms with van der Waals surface area (Å²) in [6, 6.07) is 7.66. The molecule has 0 saturated heterocycles. The Bertz CT molecular complexity index is 1390. The number of benzene rings is 2. The second kappa shape index (κ2) is 10.6. The Morgan fingerprint density at radius 1 is 1.14 bits per heavy atom. The van der Waals surface area contributed by atoms with E-state index >= 15 is 0 Å². The molecule has 0 fully saturated rings. The highest BCUT2D eigenvalue weighted by Crippen LogP contribution is 2.34. The molecule has 0 bridgehead atoms. The van der Waals surface area contributed by atoms with E-state index in [4.69, 9.17) is 27.9 Å². The molecule has 1 N–H and O–H groups in total. The number of hydrogen-bond acceptors (Lipinski definition) is 4. The molecule has 3 rings (SSSR count). The van der Waals surface area contributed by atoms with E-state index in [2.05, 4.69) is 0 Å². The molecular weight excluding hydrogens is 503 g/mol. The summed E-state index contributed by atoms with van der Waals surface area (Å²) in [6.07, 6.45) is -1.01. The molecule has 184 valence electrons. The van der Waals surface area contributed by atoms with Gasteiger partial charge < -0.3 is 14.4 Å². The molecule has 0 aliphatic heterocycles. The molecule has 10 heteroatoms. The first kappa shape index (κ1) is 26.4. The number of alkyl halides is 1. The molecule has 0 radical (unpaired) electrons. The van der Waals surface area contributed by atoms with E-state index in [1.54, 1.807) is 18.4 Å². The van der Waals surface area contributed by atoms with Crippen LogP contribution in [0.15, 0.2) is 41.2 Å². The quantitative estimate of drug-likeness (QED) is 0.374. The van der Waals surface area contributed by atoms with Crippen molar-refractivity contribution >= 4 is 35.1 Å². The number of halogens is 4. The minimum atomic E-state index is -1.52. The van der Waals surface area contributed by atoms with Gasteiger partial charge in [0.2, 0.25) is 5.43 Å². The summed E-state index contributed by atoms with van der Waals surface area (Å²) < 4.78 is 34.2. The number of carboxylic acids is 1. The first-order valence-corrected chi connectivity index (χ1v) is 11.3. The van der Waals surface area contributed by atoms with Crippen molar-refractivity contribution in [1.29, 1.82) is 0 Å². The van der Waals surface area contributed by atoms with Gasteiger partial charge in [0, 0.05) is 23.4 Å². The van der Waals surface area contributed by atoms with E-state index in [1.807, 2.05) is 0 Å². The Labute approximate surface area is 209 Å². The van der Waals surface area contributed by atoms with Crippen LogP contribution in [0.5, 0.6) is 0 Å². The molecule has 0 amide bonds. The van der Waals surface area contributed by atoms with Crippen molar-refractivity contribution < 1.29 is 28.2 Å². The molecule has 1 aromatic heterocycles. The lowest BCUT2D eigenvalue weighted by Crippen LogP contribution is -2.25. The van der Waals surface area contributed by atoms with Crippen LogP contribution in [0, 0.1) is 12.7 Å². The number of rotatable bonds is 7. The van der Waals surface area contributed by atoms with Crippen LogP contribution in [0.3, 0.4) is 0 Å². The molecule has 0 saturated carbocycles. The number of aromatic carboxylic acids is 1. The molecule has 6 nitrogen and oxygen atoms in total. The summed E-state index contributed by atoms with van der Waals surface area (Å²) >= 11 is 12.1. The first-order chi connectivity index (χ1) is 16.5. The summed E-state index contributed by atoms with van der Waals surface area (Å²) in [7, 11) is 0. The number of nitrogens with zero attached hydrogens (tertiary/aromatic N) is 1. The lowest BCUT2D eigenvalue weighted by Gasteiger charge is -2.21. The molecule has 35 heavy (non-hydrogen) atoms. The van der Waals surface area contributed by atoms with E-state index in [1.165, 1.54) is 25.1 Å². The summed E-state index contributed by atoms with van der Waals surface area (Å²) in [5, 5.41) is 10.4. The average molecular weight is 524 g/mol. The smallest absolute Gasteiger partial charge is 0.341 e. The summed E-state index contributed by atoms with van der Waals surface area (Å²) in [6.45, 7) is 3.96. The second-order valence-electron chi connectivity index (χ2n) is 7.76. The predicted molar refractivity (Wildman–Crippen MR) is 130 cm³/mol. The second-order valence-corrected chi connectivity index (χ2v) is 8.57. The van der Waals surface area contributed by atoms with E-state index in [0.29, 0.717) is 5.56 Å². The van der Waals surface area contributed by atoms with Crippen molar-refractivity contribution in [2.24, 2.45) is 0 Å². The molecule has 3 aromatic rings. The molecule has 0 aliphatic rings. The molecule has 0 aliphatic carbocycles. The van der Waals surface area contributed by atoms with Gasteiger partial charge in [0.05, 0.1) is 26.9 Å². The van der Waals surface area contributed by atoms with Gasteiger partial charge in [0.25, 0.3) is 0 Å². The van der Waals surface area contributed by atoms with Crippen molar-refractivity contribution in [3.8, 4) is 22.4 Å². The third-order valence-electron chi connectivity index (χ3n) is 5.45. The Kier molecular flexibility index (Phi) is 7.97. The van der Waals surface area contributed by atoms with Crippen LogP contribution in [-0.2, 0) is 11.3 Å². The van der Waals surface area contributed by atoms with Crippen LogP contribution in [0.25, 0.3) is 22.4 Å². The number of pyridine rings is 1. The van der Waals surface area contributed by atoms with Crippen molar-refractivity contribution in [1.82, 2.24) is 4.57 Å². The highest BCUT2D eigenvalue weighted by atomic mass is 35.5. The fourth-order valence-corrected chi connectivity index (χ4v) is 4.11. The molecule has 1 heterocycles.